The van der Waals surface area contributed by atoms with E-state index in [9.17, 15) is 8.78 Å². The lowest BCUT2D eigenvalue weighted by Crippen LogP contribution is -2.04. The summed E-state index contributed by atoms with van der Waals surface area (Å²) >= 11 is 0. The fourth-order valence-corrected chi connectivity index (χ4v) is 1.99. The first-order chi connectivity index (χ1) is 8.11. The van der Waals surface area contributed by atoms with Crippen LogP contribution in [-0.2, 0) is 0 Å². The maximum absolute atomic E-state index is 13.2. The third-order valence-electron chi connectivity index (χ3n) is 2.98. The van der Waals surface area contributed by atoms with Crippen LogP contribution in [0.25, 0.3) is 0 Å². The van der Waals surface area contributed by atoms with Crippen molar-refractivity contribution in [1.82, 2.24) is 0 Å². The van der Waals surface area contributed by atoms with Gasteiger partial charge in [-0.25, -0.2) is 8.78 Å². The maximum atomic E-state index is 13.2. The summed E-state index contributed by atoms with van der Waals surface area (Å²) in [4.78, 5) is 0. The van der Waals surface area contributed by atoms with Crippen molar-refractivity contribution in [2.75, 3.05) is 13.2 Å². The Morgan fingerprint density at radius 3 is 2.88 bits per heavy atom. The van der Waals surface area contributed by atoms with Gasteiger partial charge in [0.05, 0.1) is 0 Å². The minimum atomic E-state index is -0.550. The molecule has 2 atom stereocenters. The van der Waals surface area contributed by atoms with E-state index in [2.05, 4.69) is 6.58 Å². The van der Waals surface area contributed by atoms with E-state index in [0.717, 1.165) is 12.0 Å². The average molecular weight is 239 g/mol. The zero-order valence-corrected chi connectivity index (χ0v) is 9.46. The third kappa shape index (κ3) is 2.82. The molecule has 1 saturated carbocycles. The summed E-state index contributed by atoms with van der Waals surface area (Å²) in [5.74, 6) is 0.276. The molecular weight excluding hydrogens is 224 g/mol. The molecule has 92 valence electrons. The Kier molecular flexibility index (Phi) is 3.43. The lowest BCUT2D eigenvalue weighted by atomic mass is 10.1. The molecular formula is C13H15F2NO. The topological polar surface area (TPSA) is 35.2 Å². The number of nitrogens with two attached hydrogens (primary N) is 1. The second kappa shape index (κ2) is 4.84. The molecule has 0 heterocycles. The van der Waals surface area contributed by atoms with Crippen LogP contribution < -0.4 is 10.5 Å². The van der Waals surface area contributed by atoms with Crippen LogP contribution >= 0.6 is 0 Å². The highest BCUT2D eigenvalue weighted by Gasteiger charge is 2.39. The molecule has 4 heteroatoms. The zero-order chi connectivity index (χ0) is 12.4. The van der Waals surface area contributed by atoms with E-state index >= 15 is 0 Å². The number of hydrogen-bond acceptors (Lipinski definition) is 2. The summed E-state index contributed by atoms with van der Waals surface area (Å²) in [5.41, 5.74) is 6.34. The summed E-state index contributed by atoms with van der Waals surface area (Å²) in [5, 5.41) is 0. The van der Waals surface area contributed by atoms with Crippen LogP contribution in [0.15, 0.2) is 30.6 Å². The normalized spacial score (nSPS) is 22.3. The third-order valence-corrected chi connectivity index (χ3v) is 2.98. The molecule has 1 aromatic rings. The van der Waals surface area contributed by atoms with E-state index in [4.69, 9.17) is 10.5 Å². The van der Waals surface area contributed by atoms with Crippen LogP contribution in [0.1, 0.15) is 17.9 Å². The Morgan fingerprint density at radius 1 is 1.53 bits per heavy atom. The van der Waals surface area contributed by atoms with E-state index in [-0.39, 0.29) is 18.3 Å². The number of ether oxygens (including phenoxy) is 1. The molecule has 0 radical (unpaired) electrons. The minimum absolute atomic E-state index is 0.196. The van der Waals surface area contributed by atoms with Crippen LogP contribution in [-0.4, -0.2) is 13.2 Å². The summed E-state index contributed by atoms with van der Waals surface area (Å²) in [6, 6.07) is 4.27. The minimum Gasteiger partial charge on any atom is -0.486 e. The van der Waals surface area contributed by atoms with Gasteiger partial charge in [-0.05, 0) is 43.0 Å². The fourth-order valence-electron chi connectivity index (χ4n) is 1.99. The van der Waals surface area contributed by atoms with E-state index in [1.54, 1.807) is 0 Å². The van der Waals surface area contributed by atoms with Crippen molar-refractivity contribution in [1.29, 1.82) is 0 Å². The van der Waals surface area contributed by atoms with Crippen LogP contribution in [0.5, 0.6) is 5.75 Å². The van der Waals surface area contributed by atoms with E-state index in [1.807, 2.05) is 0 Å². The first-order valence-corrected chi connectivity index (χ1v) is 5.57. The van der Waals surface area contributed by atoms with Crippen LogP contribution in [0, 0.1) is 11.7 Å². The molecule has 0 aromatic heterocycles. The van der Waals surface area contributed by atoms with Gasteiger partial charge in [0.1, 0.15) is 24.0 Å². The number of halogens is 2. The Balaban J connectivity index is 2.16. The smallest absolute Gasteiger partial charge is 0.139 e. The largest absolute Gasteiger partial charge is 0.486 e. The van der Waals surface area contributed by atoms with Crippen LogP contribution in [0.3, 0.4) is 0 Å². The molecule has 2 unspecified atom stereocenters. The van der Waals surface area contributed by atoms with Gasteiger partial charge in [-0.2, -0.15) is 0 Å². The monoisotopic (exact) mass is 239 g/mol. The Labute approximate surface area is 99.1 Å². The Hall–Kier alpha value is -1.42. The van der Waals surface area contributed by atoms with Gasteiger partial charge in [-0.15, -0.1) is 0 Å². The summed E-state index contributed by atoms with van der Waals surface area (Å²) in [6.07, 6.45) is 0.937. The summed E-state index contributed by atoms with van der Waals surface area (Å²) in [6.45, 7) is 3.51. The van der Waals surface area contributed by atoms with Crippen LogP contribution in [0.2, 0.25) is 0 Å². The van der Waals surface area contributed by atoms with Gasteiger partial charge >= 0.3 is 0 Å². The van der Waals surface area contributed by atoms with Gasteiger partial charge in [-0.1, -0.05) is 6.58 Å². The Bertz CT molecular complexity index is 433. The van der Waals surface area contributed by atoms with Gasteiger partial charge in [0.15, 0.2) is 0 Å². The first-order valence-electron chi connectivity index (χ1n) is 5.57. The maximum Gasteiger partial charge on any atom is 0.139 e. The average Bonchev–Trinajstić information content (AvgIpc) is 3.06. The fraction of sp³-hybridized carbons (Fsp3) is 0.385. The molecule has 17 heavy (non-hydrogen) atoms. The highest BCUT2D eigenvalue weighted by Crippen LogP contribution is 2.49. The van der Waals surface area contributed by atoms with Crippen molar-refractivity contribution >= 4 is 0 Å². The molecule has 0 bridgehead atoms. The number of benzene rings is 1. The lowest BCUT2D eigenvalue weighted by molar-refractivity contribution is 0.316. The Morgan fingerprint density at radius 2 is 2.29 bits per heavy atom. The van der Waals surface area contributed by atoms with Crippen molar-refractivity contribution in [3.8, 4) is 5.75 Å². The SMILES string of the molecule is C=C(F)COc1ccc(F)cc1C1CC1CN. The van der Waals surface area contributed by atoms with Gasteiger partial charge in [0.2, 0.25) is 0 Å². The van der Waals surface area contributed by atoms with Crippen molar-refractivity contribution in [3.05, 3.63) is 42.0 Å². The second-order valence-electron chi connectivity index (χ2n) is 4.33. The molecule has 0 spiro atoms. The molecule has 2 N–H and O–H groups in total. The van der Waals surface area contributed by atoms with Crippen molar-refractivity contribution in [2.24, 2.45) is 11.7 Å². The first kappa shape index (κ1) is 12.0. The quantitative estimate of drug-likeness (QED) is 0.857. The van der Waals surface area contributed by atoms with E-state index in [1.165, 1.54) is 18.2 Å². The second-order valence-corrected chi connectivity index (χ2v) is 4.33. The molecule has 0 amide bonds. The van der Waals surface area contributed by atoms with Gasteiger partial charge < -0.3 is 10.5 Å². The molecule has 1 aromatic carbocycles. The lowest BCUT2D eigenvalue weighted by Gasteiger charge is -2.10. The highest BCUT2D eigenvalue weighted by molar-refractivity contribution is 5.40. The molecule has 1 aliphatic rings. The van der Waals surface area contributed by atoms with Crippen LogP contribution in [0.4, 0.5) is 8.78 Å². The van der Waals surface area contributed by atoms with Crippen molar-refractivity contribution in [3.63, 3.8) is 0 Å². The van der Waals surface area contributed by atoms with E-state index < -0.39 is 5.83 Å². The molecule has 1 fully saturated rings. The van der Waals surface area contributed by atoms with Gasteiger partial charge in [-0.3, -0.25) is 0 Å². The van der Waals surface area contributed by atoms with Crippen molar-refractivity contribution in [2.45, 2.75) is 12.3 Å². The van der Waals surface area contributed by atoms with Crippen molar-refractivity contribution < 1.29 is 13.5 Å². The predicted molar refractivity (Wildman–Crippen MR) is 62.0 cm³/mol. The molecule has 2 rings (SSSR count). The summed E-state index contributed by atoms with van der Waals surface area (Å²) in [7, 11) is 0. The predicted octanol–water partition coefficient (Wildman–Crippen LogP) is 2.75. The van der Waals surface area contributed by atoms with E-state index in [0.29, 0.717) is 18.2 Å². The number of hydrogen-bond donors (Lipinski definition) is 1. The highest BCUT2D eigenvalue weighted by atomic mass is 19.1. The molecule has 2 nitrogen and oxygen atoms in total. The molecule has 0 saturated heterocycles. The zero-order valence-electron chi connectivity index (χ0n) is 9.46. The molecule has 1 aliphatic carbocycles. The summed E-state index contributed by atoms with van der Waals surface area (Å²) < 4.78 is 31.0. The standard InChI is InChI=1S/C13H15F2NO/c1-8(14)7-17-13-3-2-10(15)5-12(13)11-4-9(11)6-16/h2-3,5,9,11H,1,4,6-7,16H2. The molecule has 0 aliphatic heterocycles. The van der Waals surface area contributed by atoms with Gasteiger partial charge in [0, 0.05) is 5.56 Å². The van der Waals surface area contributed by atoms with Gasteiger partial charge in [0.25, 0.3) is 0 Å². The number of rotatable bonds is 5.